The van der Waals surface area contributed by atoms with E-state index in [-0.39, 0.29) is 11.7 Å². The predicted octanol–water partition coefficient (Wildman–Crippen LogP) is 1.98. The van der Waals surface area contributed by atoms with E-state index in [0.717, 1.165) is 12.1 Å². The number of alkyl halides is 3. The fourth-order valence-corrected chi connectivity index (χ4v) is 2.27. The first-order valence-corrected chi connectivity index (χ1v) is 6.83. The molecule has 8 heteroatoms. The van der Waals surface area contributed by atoms with E-state index in [4.69, 9.17) is 0 Å². The normalized spacial score (nSPS) is 20.7. The lowest BCUT2D eigenvalue weighted by molar-refractivity contribution is -0.274. The van der Waals surface area contributed by atoms with Crippen LogP contribution in [0.25, 0.3) is 0 Å². The molecule has 1 aromatic rings. The second-order valence-corrected chi connectivity index (χ2v) is 5.17. The van der Waals surface area contributed by atoms with Gasteiger partial charge in [-0.15, -0.1) is 13.2 Å². The van der Waals surface area contributed by atoms with Gasteiger partial charge in [0.2, 0.25) is 5.91 Å². The highest BCUT2D eigenvalue weighted by atomic mass is 19.4. The number of benzene rings is 1. The van der Waals surface area contributed by atoms with Gasteiger partial charge in [0.1, 0.15) is 5.75 Å². The largest absolute Gasteiger partial charge is 0.573 e. The van der Waals surface area contributed by atoms with Crippen molar-refractivity contribution in [3.63, 3.8) is 0 Å². The number of amides is 1. The molecule has 5 nitrogen and oxygen atoms in total. The molecule has 22 heavy (non-hydrogen) atoms. The van der Waals surface area contributed by atoms with Crippen molar-refractivity contribution in [2.75, 3.05) is 18.4 Å². The molecule has 0 spiro atoms. The maximum atomic E-state index is 12.1. The van der Waals surface area contributed by atoms with Gasteiger partial charge in [0.05, 0.1) is 12.1 Å². The van der Waals surface area contributed by atoms with Gasteiger partial charge >= 0.3 is 6.36 Å². The van der Waals surface area contributed by atoms with Crippen molar-refractivity contribution in [2.45, 2.75) is 31.9 Å². The third-order valence-electron chi connectivity index (χ3n) is 3.48. The molecule has 122 valence electrons. The number of carbonyl (C=O) groups excluding carboxylic acids is 1. The number of likely N-dealkylation sites (tertiary alicyclic amines) is 1. The third-order valence-corrected chi connectivity index (χ3v) is 3.48. The summed E-state index contributed by atoms with van der Waals surface area (Å²) < 4.78 is 39.9. The maximum Gasteiger partial charge on any atom is 0.573 e. The molecule has 1 saturated heterocycles. The van der Waals surface area contributed by atoms with Crippen LogP contribution in [0.5, 0.6) is 5.75 Å². The van der Waals surface area contributed by atoms with Crippen LogP contribution >= 0.6 is 0 Å². The molecule has 0 radical (unpaired) electrons. The van der Waals surface area contributed by atoms with E-state index < -0.39 is 18.5 Å². The van der Waals surface area contributed by atoms with E-state index in [1.807, 2.05) is 4.90 Å². The Labute approximate surface area is 125 Å². The van der Waals surface area contributed by atoms with Crippen LogP contribution in [0.4, 0.5) is 18.9 Å². The van der Waals surface area contributed by atoms with Crippen LogP contribution in [0.2, 0.25) is 0 Å². The van der Waals surface area contributed by atoms with Crippen molar-refractivity contribution in [1.82, 2.24) is 4.90 Å². The molecule has 0 aromatic heterocycles. The molecule has 1 amide bonds. The van der Waals surface area contributed by atoms with Gasteiger partial charge in [0.25, 0.3) is 0 Å². The fraction of sp³-hybridized carbons (Fsp3) is 0.500. The second-order valence-electron chi connectivity index (χ2n) is 5.17. The van der Waals surface area contributed by atoms with Crippen LogP contribution in [0.3, 0.4) is 0 Å². The van der Waals surface area contributed by atoms with E-state index in [9.17, 15) is 23.1 Å². The first-order valence-electron chi connectivity index (χ1n) is 6.83. The summed E-state index contributed by atoms with van der Waals surface area (Å²) >= 11 is 0. The number of hydrogen-bond donors (Lipinski definition) is 2. The Balaban J connectivity index is 1.91. The van der Waals surface area contributed by atoms with Crippen molar-refractivity contribution in [1.29, 1.82) is 0 Å². The zero-order valence-corrected chi connectivity index (χ0v) is 11.9. The first kappa shape index (κ1) is 16.6. The average molecular weight is 318 g/mol. The summed E-state index contributed by atoms with van der Waals surface area (Å²) in [5, 5.41) is 12.1. The fourth-order valence-electron chi connectivity index (χ4n) is 2.27. The molecule has 1 aromatic carbocycles. The molecule has 1 fully saturated rings. The molecule has 2 atom stereocenters. The lowest BCUT2D eigenvalue weighted by atomic mass is 10.2. The van der Waals surface area contributed by atoms with Crippen LogP contribution in [0.15, 0.2) is 24.3 Å². The molecular formula is C14H17F3N2O3. The highest BCUT2D eigenvalue weighted by Crippen LogP contribution is 2.24. The first-order chi connectivity index (χ1) is 10.2. The van der Waals surface area contributed by atoms with E-state index in [0.29, 0.717) is 25.2 Å². The van der Waals surface area contributed by atoms with E-state index in [1.54, 1.807) is 6.92 Å². The van der Waals surface area contributed by atoms with Crippen molar-refractivity contribution < 1.29 is 27.8 Å². The molecule has 1 aliphatic rings. The number of nitrogens with one attached hydrogen (secondary N) is 1. The molecule has 1 aliphatic heterocycles. The van der Waals surface area contributed by atoms with Gasteiger partial charge in [-0.25, -0.2) is 0 Å². The second kappa shape index (κ2) is 6.53. The number of hydrogen-bond acceptors (Lipinski definition) is 4. The molecule has 2 N–H and O–H groups in total. The Hall–Kier alpha value is -1.80. The van der Waals surface area contributed by atoms with Gasteiger partial charge in [-0.2, -0.15) is 0 Å². The Kier molecular flexibility index (Phi) is 4.92. The minimum Gasteiger partial charge on any atom is -0.406 e. The smallest absolute Gasteiger partial charge is 0.406 e. The number of halogens is 3. The Morgan fingerprint density at radius 3 is 2.55 bits per heavy atom. The maximum absolute atomic E-state index is 12.1. The van der Waals surface area contributed by atoms with Crippen LogP contribution in [0, 0.1) is 0 Å². The molecule has 1 heterocycles. The molecule has 0 aliphatic carbocycles. The molecule has 1 unspecified atom stereocenters. The average Bonchev–Trinajstić information content (AvgIpc) is 2.85. The summed E-state index contributed by atoms with van der Waals surface area (Å²) in [6, 6.07) is 4.51. The Morgan fingerprint density at radius 2 is 2.05 bits per heavy atom. The summed E-state index contributed by atoms with van der Waals surface area (Å²) in [4.78, 5) is 13.9. The standard InChI is InChI=1S/C14H17F3N2O3/c1-9(19-7-6-11(20)8-19)13(21)18-10-2-4-12(5-3-10)22-14(15,16)17/h2-5,9,11,20H,6-8H2,1H3,(H,18,21)/t9?,11-/m0/s1. The number of ether oxygens (including phenoxy) is 1. The Bertz CT molecular complexity index is 519. The van der Waals surface area contributed by atoms with Gasteiger partial charge in [-0.1, -0.05) is 0 Å². The zero-order chi connectivity index (χ0) is 16.3. The number of nitrogens with zero attached hydrogens (tertiary/aromatic N) is 1. The quantitative estimate of drug-likeness (QED) is 0.891. The van der Waals surface area contributed by atoms with Gasteiger partial charge in [-0.3, -0.25) is 9.69 Å². The molecule has 0 bridgehead atoms. The Morgan fingerprint density at radius 1 is 1.41 bits per heavy atom. The lowest BCUT2D eigenvalue weighted by Crippen LogP contribution is -2.41. The van der Waals surface area contributed by atoms with Crippen molar-refractivity contribution in [2.24, 2.45) is 0 Å². The number of rotatable bonds is 4. The van der Waals surface area contributed by atoms with Crippen LogP contribution in [-0.2, 0) is 4.79 Å². The number of aliphatic hydroxyl groups is 1. The third kappa shape index (κ3) is 4.60. The number of aliphatic hydroxyl groups excluding tert-OH is 1. The summed E-state index contributed by atoms with van der Waals surface area (Å²) in [7, 11) is 0. The summed E-state index contributed by atoms with van der Waals surface area (Å²) in [5.41, 5.74) is 0.381. The van der Waals surface area contributed by atoms with Crippen LogP contribution in [0.1, 0.15) is 13.3 Å². The van der Waals surface area contributed by atoms with Crippen LogP contribution in [-0.4, -0.2) is 47.5 Å². The number of β-amino-alcohol motifs (C(OH)–C–C–N with tert-alkyl or cyclic N) is 1. The minimum atomic E-state index is -4.74. The molecular weight excluding hydrogens is 301 g/mol. The van der Waals surface area contributed by atoms with E-state index in [1.165, 1.54) is 12.1 Å². The van der Waals surface area contributed by atoms with Gasteiger partial charge in [0, 0.05) is 18.8 Å². The van der Waals surface area contributed by atoms with Crippen LogP contribution < -0.4 is 10.1 Å². The van der Waals surface area contributed by atoms with E-state index >= 15 is 0 Å². The molecule has 2 rings (SSSR count). The van der Waals surface area contributed by atoms with Gasteiger partial charge in [-0.05, 0) is 37.6 Å². The SMILES string of the molecule is CC(C(=O)Nc1ccc(OC(F)(F)F)cc1)N1CC[C@H](O)C1. The summed E-state index contributed by atoms with van der Waals surface area (Å²) in [5.74, 6) is -0.625. The highest BCUT2D eigenvalue weighted by molar-refractivity contribution is 5.94. The minimum absolute atomic E-state index is 0.279. The summed E-state index contributed by atoms with van der Waals surface area (Å²) in [6.45, 7) is 2.79. The van der Waals surface area contributed by atoms with Gasteiger partial charge in [0.15, 0.2) is 0 Å². The monoisotopic (exact) mass is 318 g/mol. The predicted molar refractivity (Wildman–Crippen MR) is 73.4 cm³/mol. The highest BCUT2D eigenvalue weighted by Gasteiger charge is 2.31. The van der Waals surface area contributed by atoms with Crippen molar-refractivity contribution >= 4 is 11.6 Å². The summed E-state index contributed by atoms with van der Waals surface area (Å²) in [6.07, 6.45) is -4.54. The van der Waals surface area contributed by atoms with Gasteiger partial charge < -0.3 is 15.2 Å². The topological polar surface area (TPSA) is 61.8 Å². The van der Waals surface area contributed by atoms with Crippen molar-refractivity contribution in [3.05, 3.63) is 24.3 Å². The molecule has 0 saturated carbocycles. The zero-order valence-electron chi connectivity index (χ0n) is 11.9. The number of carbonyl (C=O) groups is 1. The number of anilines is 1. The lowest BCUT2D eigenvalue weighted by Gasteiger charge is -2.22. The van der Waals surface area contributed by atoms with Crippen molar-refractivity contribution in [3.8, 4) is 5.75 Å². The van der Waals surface area contributed by atoms with E-state index in [2.05, 4.69) is 10.1 Å².